The molecule has 3 heteroatoms. The molecule has 20 heavy (non-hydrogen) atoms. The van der Waals surface area contributed by atoms with Gasteiger partial charge in [-0.2, -0.15) is 0 Å². The Bertz CT molecular complexity index is 443. The van der Waals surface area contributed by atoms with Crippen molar-refractivity contribution in [2.45, 2.75) is 52.6 Å². The predicted molar refractivity (Wildman–Crippen MR) is 82.4 cm³/mol. The molecule has 0 heterocycles. The fraction of sp³-hybridized carbons (Fsp3) is 0.647. The van der Waals surface area contributed by atoms with E-state index in [2.05, 4.69) is 31.3 Å². The van der Waals surface area contributed by atoms with Gasteiger partial charge in [0.15, 0.2) is 11.5 Å². The minimum Gasteiger partial charge on any atom is -0.493 e. The second-order valence-electron chi connectivity index (χ2n) is 6.40. The molecule has 0 bridgehead atoms. The maximum Gasteiger partial charge on any atom is 0.161 e. The molecule has 1 fully saturated rings. The Morgan fingerprint density at radius 2 is 2.10 bits per heavy atom. The lowest BCUT2D eigenvalue weighted by molar-refractivity contribution is 0.310. The van der Waals surface area contributed by atoms with Crippen molar-refractivity contribution in [2.75, 3.05) is 13.7 Å². The molecule has 1 unspecified atom stereocenters. The molecule has 0 aliphatic heterocycles. The molecule has 2 rings (SSSR count). The molecule has 3 nitrogen and oxygen atoms in total. The van der Waals surface area contributed by atoms with Gasteiger partial charge in [0, 0.05) is 12.6 Å². The van der Waals surface area contributed by atoms with E-state index in [9.17, 15) is 0 Å². The third-order valence-corrected chi connectivity index (χ3v) is 4.09. The first kappa shape index (κ1) is 15.2. The van der Waals surface area contributed by atoms with E-state index in [4.69, 9.17) is 9.47 Å². The Morgan fingerprint density at radius 1 is 1.30 bits per heavy atom. The van der Waals surface area contributed by atoms with Crippen LogP contribution in [0.25, 0.3) is 0 Å². The number of ether oxygens (including phenoxy) is 2. The highest BCUT2D eigenvalue weighted by Gasteiger charge is 2.30. The van der Waals surface area contributed by atoms with Gasteiger partial charge in [0.25, 0.3) is 0 Å². The van der Waals surface area contributed by atoms with Crippen LogP contribution in [-0.4, -0.2) is 19.8 Å². The highest BCUT2D eigenvalue weighted by atomic mass is 16.5. The highest BCUT2D eigenvalue weighted by Crippen LogP contribution is 2.37. The average Bonchev–Trinajstić information content (AvgIpc) is 2.77. The molecule has 0 aromatic heterocycles. The number of benzene rings is 1. The van der Waals surface area contributed by atoms with Crippen LogP contribution in [0, 0.1) is 5.41 Å². The van der Waals surface area contributed by atoms with E-state index in [1.807, 2.05) is 13.0 Å². The first-order valence-corrected chi connectivity index (χ1v) is 7.57. The lowest BCUT2D eigenvalue weighted by atomic mass is 9.92. The molecular formula is C17H27NO2. The van der Waals surface area contributed by atoms with Crippen molar-refractivity contribution in [3.8, 4) is 11.5 Å². The summed E-state index contributed by atoms with van der Waals surface area (Å²) in [4.78, 5) is 0. The summed E-state index contributed by atoms with van der Waals surface area (Å²) in [6.07, 6.45) is 3.86. The SMILES string of the molecule is CCOc1ccc(CNC2CCC(C)(C)C2)cc1OC. The Labute approximate surface area is 122 Å². The summed E-state index contributed by atoms with van der Waals surface area (Å²) < 4.78 is 10.9. The third kappa shape index (κ3) is 3.89. The lowest BCUT2D eigenvalue weighted by Gasteiger charge is -2.18. The monoisotopic (exact) mass is 277 g/mol. The van der Waals surface area contributed by atoms with Gasteiger partial charge in [-0.1, -0.05) is 19.9 Å². The van der Waals surface area contributed by atoms with Crippen molar-refractivity contribution in [1.82, 2.24) is 5.32 Å². The molecule has 1 aliphatic carbocycles. The molecule has 1 N–H and O–H groups in total. The molecule has 0 saturated heterocycles. The minimum atomic E-state index is 0.494. The molecule has 1 atom stereocenters. The van der Waals surface area contributed by atoms with Gasteiger partial charge in [-0.05, 0) is 49.3 Å². The van der Waals surface area contributed by atoms with Crippen molar-refractivity contribution < 1.29 is 9.47 Å². The van der Waals surface area contributed by atoms with E-state index in [0.717, 1.165) is 18.0 Å². The zero-order valence-corrected chi connectivity index (χ0v) is 13.2. The Morgan fingerprint density at radius 3 is 2.70 bits per heavy atom. The normalized spacial score (nSPS) is 20.9. The maximum atomic E-state index is 5.54. The van der Waals surface area contributed by atoms with Crippen molar-refractivity contribution in [1.29, 1.82) is 0 Å². The summed E-state index contributed by atoms with van der Waals surface area (Å²) in [5, 5.41) is 3.66. The Kier molecular flexibility index (Phi) is 4.92. The molecular weight excluding hydrogens is 250 g/mol. The molecule has 1 aromatic carbocycles. The smallest absolute Gasteiger partial charge is 0.161 e. The second-order valence-corrected chi connectivity index (χ2v) is 6.40. The molecule has 0 amide bonds. The van der Waals surface area contributed by atoms with Gasteiger partial charge < -0.3 is 14.8 Å². The average molecular weight is 277 g/mol. The first-order valence-electron chi connectivity index (χ1n) is 7.57. The van der Waals surface area contributed by atoms with E-state index in [-0.39, 0.29) is 0 Å². The summed E-state index contributed by atoms with van der Waals surface area (Å²) in [7, 11) is 1.69. The summed E-state index contributed by atoms with van der Waals surface area (Å²) in [5.41, 5.74) is 1.74. The van der Waals surface area contributed by atoms with Crippen LogP contribution in [0.2, 0.25) is 0 Å². The summed E-state index contributed by atoms with van der Waals surface area (Å²) in [5.74, 6) is 1.64. The maximum absolute atomic E-state index is 5.54. The fourth-order valence-electron chi connectivity index (χ4n) is 2.97. The van der Waals surface area contributed by atoms with Gasteiger partial charge in [-0.15, -0.1) is 0 Å². The van der Waals surface area contributed by atoms with Gasteiger partial charge in [-0.3, -0.25) is 0 Å². The molecule has 1 aromatic rings. The lowest BCUT2D eigenvalue weighted by Crippen LogP contribution is -2.26. The van der Waals surface area contributed by atoms with Crippen LogP contribution < -0.4 is 14.8 Å². The van der Waals surface area contributed by atoms with Gasteiger partial charge in [0.05, 0.1) is 13.7 Å². The number of methoxy groups -OCH3 is 1. The predicted octanol–water partition coefficient (Wildman–Crippen LogP) is 3.76. The summed E-state index contributed by atoms with van der Waals surface area (Å²) in [6.45, 7) is 8.24. The number of hydrogen-bond acceptors (Lipinski definition) is 3. The summed E-state index contributed by atoms with van der Waals surface area (Å²) in [6, 6.07) is 6.82. The van der Waals surface area contributed by atoms with Crippen LogP contribution in [0.4, 0.5) is 0 Å². The molecule has 0 spiro atoms. The van der Waals surface area contributed by atoms with Crippen LogP contribution in [0.15, 0.2) is 18.2 Å². The minimum absolute atomic E-state index is 0.494. The topological polar surface area (TPSA) is 30.5 Å². The van der Waals surface area contributed by atoms with E-state index >= 15 is 0 Å². The zero-order chi connectivity index (χ0) is 14.6. The largest absolute Gasteiger partial charge is 0.493 e. The van der Waals surface area contributed by atoms with Crippen molar-refractivity contribution in [2.24, 2.45) is 5.41 Å². The second kappa shape index (κ2) is 6.49. The van der Waals surface area contributed by atoms with Crippen LogP contribution in [0.3, 0.4) is 0 Å². The molecule has 0 radical (unpaired) electrons. The van der Waals surface area contributed by atoms with Gasteiger partial charge in [0.1, 0.15) is 0 Å². The molecule has 1 saturated carbocycles. The number of nitrogens with one attached hydrogen (secondary N) is 1. The highest BCUT2D eigenvalue weighted by molar-refractivity contribution is 5.42. The van der Waals surface area contributed by atoms with E-state index in [1.165, 1.54) is 24.8 Å². The van der Waals surface area contributed by atoms with Crippen molar-refractivity contribution >= 4 is 0 Å². The van der Waals surface area contributed by atoms with Gasteiger partial charge in [-0.25, -0.2) is 0 Å². The van der Waals surface area contributed by atoms with Crippen molar-refractivity contribution in [3.63, 3.8) is 0 Å². The standard InChI is InChI=1S/C17H27NO2/c1-5-20-15-7-6-13(10-16(15)19-4)12-18-14-8-9-17(2,3)11-14/h6-7,10,14,18H,5,8-9,11-12H2,1-4H3. The van der Waals surface area contributed by atoms with Crippen molar-refractivity contribution in [3.05, 3.63) is 23.8 Å². The zero-order valence-electron chi connectivity index (χ0n) is 13.2. The van der Waals surface area contributed by atoms with Crippen LogP contribution in [0.1, 0.15) is 45.6 Å². The molecule has 1 aliphatic rings. The Hall–Kier alpha value is -1.22. The van der Waals surface area contributed by atoms with Crippen LogP contribution in [-0.2, 0) is 6.54 Å². The van der Waals surface area contributed by atoms with Crippen LogP contribution >= 0.6 is 0 Å². The Balaban J connectivity index is 1.93. The quantitative estimate of drug-likeness (QED) is 0.858. The molecule has 112 valence electrons. The van der Waals surface area contributed by atoms with Crippen LogP contribution in [0.5, 0.6) is 11.5 Å². The van der Waals surface area contributed by atoms with E-state index in [0.29, 0.717) is 18.1 Å². The van der Waals surface area contributed by atoms with E-state index in [1.54, 1.807) is 7.11 Å². The third-order valence-electron chi connectivity index (χ3n) is 4.09. The first-order chi connectivity index (χ1) is 9.54. The summed E-state index contributed by atoms with van der Waals surface area (Å²) >= 11 is 0. The van der Waals surface area contributed by atoms with Gasteiger partial charge in [0.2, 0.25) is 0 Å². The van der Waals surface area contributed by atoms with E-state index < -0.39 is 0 Å². The fourth-order valence-corrected chi connectivity index (χ4v) is 2.97. The van der Waals surface area contributed by atoms with Gasteiger partial charge >= 0.3 is 0 Å². The number of rotatable bonds is 6. The number of hydrogen-bond donors (Lipinski definition) is 1.